The van der Waals surface area contributed by atoms with Crippen LogP contribution in [0.3, 0.4) is 0 Å². The predicted octanol–water partition coefficient (Wildman–Crippen LogP) is 4.78. The van der Waals surface area contributed by atoms with Crippen LogP contribution in [-0.2, 0) is 6.54 Å². The number of nitro benzene ring substituents is 1. The highest BCUT2D eigenvalue weighted by Gasteiger charge is 2.09. The molecule has 0 fully saturated rings. The number of allylic oxidation sites excluding steroid dienone is 1. The van der Waals surface area contributed by atoms with Gasteiger partial charge in [-0.3, -0.25) is 19.6 Å². The summed E-state index contributed by atoms with van der Waals surface area (Å²) in [6.45, 7) is 6.62. The molecule has 0 atom stereocenters. The molecule has 8 heteroatoms. The second-order valence-electron chi connectivity index (χ2n) is 7.73. The maximum absolute atomic E-state index is 12.3. The lowest BCUT2D eigenvalue weighted by atomic mass is 10.0. The van der Waals surface area contributed by atoms with Crippen LogP contribution in [0.25, 0.3) is 6.08 Å². The third-order valence-electron chi connectivity index (χ3n) is 4.80. The quantitative estimate of drug-likeness (QED) is 0.315. The summed E-state index contributed by atoms with van der Waals surface area (Å²) >= 11 is 0. The first-order valence-corrected chi connectivity index (χ1v) is 10.2. The molecule has 0 radical (unpaired) electrons. The number of carbonyl (C=O) groups excluding carboxylic acids is 1. The van der Waals surface area contributed by atoms with E-state index in [1.165, 1.54) is 17.7 Å². The first-order valence-electron chi connectivity index (χ1n) is 10.2. The average molecular weight is 431 g/mol. The number of benzene rings is 2. The molecule has 0 aliphatic rings. The number of amides is 1. The molecule has 3 aromatic rings. The number of nitrogens with one attached hydrogen (secondary N) is 1. The molecule has 0 saturated heterocycles. The van der Waals surface area contributed by atoms with Gasteiger partial charge in [-0.25, -0.2) is 5.43 Å². The Morgan fingerprint density at radius 1 is 1.16 bits per heavy atom. The molecule has 0 unspecified atom stereocenters. The Balaban J connectivity index is 1.55. The number of hydrogen-bond donors (Lipinski definition) is 1. The molecule has 1 heterocycles. The van der Waals surface area contributed by atoms with Crippen LogP contribution in [0.2, 0.25) is 0 Å². The Labute approximate surface area is 186 Å². The van der Waals surface area contributed by atoms with Crippen molar-refractivity contribution in [2.45, 2.75) is 33.2 Å². The van der Waals surface area contributed by atoms with Gasteiger partial charge in [-0.15, -0.1) is 0 Å². The Kier molecular flexibility index (Phi) is 7.28. The summed E-state index contributed by atoms with van der Waals surface area (Å²) in [5.74, 6) is 0.0706. The normalized spacial score (nSPS) is 11.8. The summed E-state index contributed by atoms with van der Waals surface area (Å²) in [4.78, 5) is 22.6. The van der Waals surface area contributed by atoms with Crippen LogP contribution in [0.1, 0.15) is 53.9 Å². The maximum Gasteiger partial charge on any atom is 0.291 e. The smallest absolute Gasteiger partial charge is 0.268 e. The zero-order valence-electron chi connectivity index (χ0n) is 18.2. The van der Waals surface area contributed by atoms with Gasteiger partial charge in [0.25, 0.3) is 11.6 Å². The van der Waals surface area contributed by atoms with E-state index in [4.69, 9.17) is 0 Å². The van der Waals surface area contributed by atoms with Crippen molar-refractivity contribution in [3.05, 3.63) is 98.9 Å². The summed E-state index contributed by atoms with van der Waals surface area (Å²) in [5, 5.41) is 19.0. The predicted molar refractivity (Wildman–Crippen MR) is 125 cm³/mol. The molecule has 32 heavy (non-hydrogen) atoms. The molecule has 0 aliphatic carbocycles. The monoisotopic (exact) mass is 431 g/mol. The van der Waals surface area contributed by atoms with Crippen LogP contribution in [-0.4, -0.2) is 26.8 Å². The van der Waals surface area contributed by atoms with Crippen molar-refractivity contribution < 1.29 is 9.72 Å². The van der Waals surface area contributed by atoms with Crippen molar-refractivity contribution in [2.75, 3.05) is 0 Å². The van der Waals surface area contributed by atoms with Crippen LogP contribution < -0.4 is 5.43 Å². The summed E-state index contributed by atoms with van der Waals surface area (Å²) in [6.07, 6.45) is 5.24. The Hall–Kier alpha value is -4.07. The van der Waals surface area contributed by atoms with Crippen molar-refractivity contribution in [1.29, 1.82) is 0 Å². The molecule has 0 bridgehead atoms. The average Bonchev–Trinajstić information content (AvgIpc) is 3.23. The minimum atomic E-state index is -0.444. The molecule has 1 amide bonds. The SMILES string of the molecule is CC(/C=N\NC(=O)c1ccn(Cc2ccc([N+](=O)[O-])cc2)n1)=C\c1ccc(C(C)C)cc1. The molecular formula is C24H25N5O3. The Morgan fingerprint density at radius 2 is 1.84 bits per heavy atom. The lowest BCUT2D eigenvalue weighted by Gasteiger charge is -2.05. The fourth-order valence-corrected chi connectivity index (χ4v) is 3.01. The number of nitro groups is 1. The Bertz CT molecular complexity index is 1140. The van der Waals surface area contributed by atoms with Crippen LogP contribution in [0.15, 0.2) is 71.5 Å². The van der Waals surface area contributed by atoms with E-state index in [1.54, 1.807) is 35.3 Å². The van der Waals surface area contributed by atoms with Gasteiger partial charge in [-0.05, 0) is 41.2 Å². The molecule has 0 aliphatic heterocycles. The van der Waals surface area contributed by atoms with Crippen LogP contribution >= 0.6 is 0 Å². The second-order valence-corrected chi connectivity index (χ2v) is 7.73. The van der Waals surface area contributed by atoms with E-state index < -0.39 is 10.8 Å². The molecule has 8 nitrogen and oxygen atoms in total. The fraction of sp³-hybridized carbons (Fsp3) is 0.208. The van der Waals surface area contributed by atoms with Gasteiger partial charge < -0.3 is 0 Å². The van der Waals surface area contributed by atoms with E-state index in [0.29, 0.717) is 12.5 Å². The second kappa shape index (κ2) is 10.3. The standard InChI is InChI=1S/C24H25N5O3/c1-17(2)21-8-4-19(5-9-21)14-18(3)15-25-26-24(30)23-12-13-28(27-23)16-20-6-10-22(11-7-20)29(31)32/h4-15,17H,16H2,1-3H3,(H,26,30)/b18-14+,25-15-. The largest absolute Gasteiger partial charge is 0.291 e. The van der Waals surface area contributed by atoms with Crippen molar-refractivity contribution >= 4 is 23.9 Å². The van der Waals surface area contributed by atoms with Crippen molar-refractivity contribution in [1.82, 2.24) is 15.2 Å². The molecular weight excluding hydrogens is 406 g/mol. The zero-order valence-corrected chi connectivity index (χ0v) is 18.2. The summed E-state index contributed by atoms with van der Waals surface area (Å²) in [6, 6.07) is 16.1. The molecule has 164 valence electrons. The van der Waals surface area contributed by atoms with Crippen molar-refractivity contribution in [2.24, 2.45) is 5.10 Å². The van der Waals surface area contributed by atoms with Gasteiger partial charge in [0, 0.05) is 18.3 Å². The fourth-order valence-electron chi connectivity index (χ4n) is 3.01. The van der Waals surface area contributed by atoms with E-state index in [0.717, 1.165) is 16.7 Å². The summed E-state index contributed by atoms with van der Waals surface area (Å²) in [7, 11) is 0. The highest BCUT2D eigenvalue weighted by molar-refractivity contribution is 5.93. The van der Waals surface area contributed by atoms with Gasteiger partial charge in [-0.2, -0.15) is 10.2 Å². The highest BCUT2D eigenvalue weighted by atomic mass is 16.6. The summed E-state index contributed by atoms with van der Waals surface area (Å²) in [5.41, 5.74) is 6.82. The third-order valence-corrected chi connectivity index (χ3v) is 4.80. The third kappa shape index (κ3) is 6.21. The van der Waals surface area contributed by atoms with E-state index in [-0.39, 0.29) is 11.4 Å². The number of non-ortho nitro benzene ring substituents is 1. The number of carbonyl (C=O) groups is 1. The van der Waals surface area contributed by atoms with Gasteiger partial charge in [0.2, 0.25) is 0 Å². The van der Waals surface area contributed by atoms with Gasteiger partial charge in [0.05, 0.1) is 17.7 Å². The van der Waals surface area contributed by atoms with E-state index in [1.807, 2.05) is 13.0 Å². The van der Waals surface area contributed by atoms with Gasteiger partial charge in [0.15, 0.2) is 5.69 Å². The number of rotatable bonds is 8. The molecule has 1 N–H and O–H groups in total. The molecule has 0 saturated carbocycles. The lowest BCUT2D eigenvalue weighted by Crippen LogP contribution is -2.18. The number of hydrogen-bond acceptors (Lipinski definition) is 5. The first kappa shape index (κ1) is 22.6. The van der Waals surface area contributed by atoms with E-state index in [9.17, 15) is 14.9 Å². The Morgan fingerprint density at radius 3 is 2.47 bits per heavy atom. The lowest BCUT2D eigenvalue weighted by molar-refractivity contribution is -0.384. The molecule has 3 rings (SSSR count). The van der Waals surface area contributed by atoms with Crippen LogP contribution in [0.4, 0.5) is 5.69 Å². The van der Waals surface area contributed by atoms with E-state index >= 15 is 0 Å². The van der Waals surface area contributed by atoms with Crippen LogP contribution in [0, 0.1) is 10.1 Å². The van der Waals surface area contributed by atoms with Gasteiger partial charge in [-0.1, -0.05) is 56.3 Å². The highest BCUT2D eigenvalue weighted by Crippen LogP contribution is 2.16. The number of aromatic nitrogens is 2. The maximum atomic E-state index is 12.3. The number of nitrogens with zero attached hydrogens (tertiary/aromatic N) is 4. The van der Waals surface area contributed by atoms with Crippen LogP contribution in [0.5, 0.6) is 0 Å². The minimum absolute atomic E-state index is 0.0315. The number of hydrazone groups is 1. The molecule has 2 aromatic carbocycles. The van der Waals surface area contributed by atoms with E-state index in [2.05, 4.69) is 53.7 Å². The van der Waals surface area contributed by atoms with Crippen molar-refractivity contribution in [3.63, 3.8) is 0 Å². The van der Waals surface area contributed by atoms with Gasteiger partial charge >= 0.3 is 0 Å². The zero-order chi connectivity index (χ0) is 23.1. The minimum Gasteiger partial charge on any atom is -0.268 e. The topological polar surface area (TPSA) is 102 Å². The molecule has 1 aromatic heterocycles. The molecule has 0 spiro atoms. The summed E-state index contributed by atoms with van der Waals surface area (Å²) < 4.78 is 1.59. The first-order chi connectivity index (χ1) is 15.3. The van der Waals surface area contributed by atoms with Crippen molar-refractivity contribution in [3.8, 4) is 0 Å². The van der Waals surface area contributed by atoms with Gasteiger partial charge in [0.1, 0.15) is 0 Å².